The molecule has 0 atom stereocenters. The van der Waals surface area contributed by atoms with Crippen LogP contribution >= 0.6 is 0 Å². The highest BCUT2D eigenvalue weighted by molar-refractivity contribution is 6.19. The van der Waals surface area contributed by atoms with Crippen molar-refractivity contribution in [2.75, 3.05) is 0 Å². The molecule has 0 spiro atoms. The van der Waals surface area contributed by atoms with Crippen LogP contribution in [-0.4, -0.2) is 4.57 Å². The van der Waals surface area contributed by atoms with Crippen molar-refractivity contribution in [1.82, 2.24) is 4.57 Å². The summed E-state index contributed by atoms with van der Waals surface area (Å²) in [4.78, 5) is 0. The molecule has 51 heavy (non-hydrogen) atoms. The zero-order valence-corrected chi connectivity index (χ0v) is 28.3. The van der Waals surface area contributed by atoms with Gasteiger partial charge in [-0.25, -0.2) is 0 Å². The summed E-state index contributed by atoms with van der Waals surface area (Å²) in [6, 6.07) is 56.2. The summed E-state index contributed by atoms with van der Waals surface area (Å²) in [6.07, 6.45) is 0. The van der Waals surface area contributed by atoms with Gasteiger partial charge in [0.15, 0.2) is 0 Å². The minimum atomic E-state index is -0.0982. The Morgan fingerprint density at radius 3 is 1.92 bits per heavy atom. The average molecular weight is 650 g/mol. The summed E-state index contributed by atoms with van der Waals surface area (Å²) in [5.74, 6) is 0. The summed E-state index contributed by atoms with van der Waals surface area (Å²) in [5.41, 5.74) is 18.6. The van der Waals surface area contributed by atoms with Crippen LogP contribution in [0.4, 0.5) is 0 Å². The molecule has 8 aromatic carbocycles. The first-order chi connectivity index (χ1) is 25.0. The van der Waals surface area contributed by atoms with Crippen LogP contribution in [0.25, 0.3) is 105 Å². The van der Waals surface area contributed by atoms with Crippen LogP contribution in [0.1, 0.15) is 25.0 Å². The second kappa shape index (κ2) is 9.44. The predicted octanol–water partition coefficient (Wildman–Crippen LogP) is 13.5. The van der Waals surface area contributed by atoms with E-state index in [1.165, 1.54) is 93.9 Å². The van der Waals surface area contributed by atoms with E-state index in [1.807, 2.05) is 12.1 Å². The number of benzene rings is 8. The second-order valence-corrected chi connectivity index (χ2v) is 14.9. The van der Waals surface area contributed by atoms with Gasteiger partial charge in [0.2, 0.25) is 0 Å². The van der Waals surface area contributed by atoms with Crippen LogP contribution in [0.15, 0.2) is 156 Å². The largest absolute Gasteiger partial charge is 0.456 e. The van der Waals surface area contributed by atoms with Gasteiger partial charge in [0, 0.05) is 32.3 Å². The van der Waals surface area contributed by atoms with Gasteiger partial charge in [0.1, 0.15) is 11.2 Å². The van der Waals surface area contributed by atoms with Crippen molar-refractivity contribution in [2.24, 2.45) is 0 Å². The smallest absolute Gasteiger partial charge is 0.135 e. The van der Waals surface area contributed by atoms with E-state index in [0.717, 1.165) is 21.9 Å². The molecule has 238 valence electrons. The van der Waals surface area contributed by atoms with Crippen LogP contribution in [0.5, 0.6) is 0 Å². The molecule has 2 heterocycles. The lowest BCUT2D eigenvalue weighted by Crippen LogP contribution is -2.15. The van der Waals surface area contributed by atoms with Crippen molar-refractivity contribution in [3.8, 4) is 50.2 Å². The van der Waals surface area contributed by atoms with Crippen LogP contribution in [0.2, 0.25) is 0 Å². The standard InChI is InChI=1S/C49H31NO/c1-49(2)41-16-7-5-12-32(41)37-26-39-38-24-28(29-19-23-47-40(25-29)33-13-6-8-17-46(33)51-47)18-21-44(38)50(45(39)27-42(37)49)43-22-20-35-31-11-4-3-10-30(31)34-14-9-15-36(43)48(34)35/h3-27H,1-2H3. The highest BCUT2D eigenvalue weighted by Crippen LogP contribution is 2.53. The Kier molecular flexibility index (Phi) is 5.08. The van der Waals surface area contributed by atoms with Crippen molar-refractivity contribution in [3.05, 3.63) is 163 Å². The third kappa shape index (κ3) is 3.47. The fraction of sp³-hybridized carbons (Fsp3) is 0.0612. The Morgan fingerprint density at radius 2 is 1.06 bits per heavy atom. The Hall–Kier alpha value is -6.38. The Labute approximate surface area is 294 Å². The van der Waals surface area contributed by atoms with Gasteiger partial charge in [-0.3, -0.25) is 0 Å². The molecule has 0 radical (unpaired) electrons. The van der Waals surface area contributed by atoms with Gasteiger partial charge in [-0.05, 0) is 110 Å². The zero-order chi connectivity index (χ0) is 33.6. The molecular weight excluding hydrogens is 619 g/mol. The number of fused-ring (bicyclic) bond motifs is 12. The number of hydrogen-bond acceptors (Lipinski definition) is 1. The van der Waals surface area contributed by atoms with E-state index >= 15 is 0 Å². The zero-order valence-electron chi connectivity index (χ0n) is 28.3. The normalized spacial score (nSPS) is 13.8. The molecule has 2 heteroatoms. The predicted molar refractivity (Wildman–Crippen MR) is 213 cm³/mol. The summed E-state index contributed by atoms with van der Waals surface area (Å²) in [5, 5.41) is 7.46. The lowest BCUT2D eigenvalue weighted by molar-refractivity contribution is 0.661. The van der Waals surface area contributed by atoms with Crippen molar-refractivity contribution >= 4 is 54.5 Å². The first kappa shape index (κ1) is 27.4. The van der Waals surface area contributed by atoms with Crippen LogP contribution in [0.3, 0.4) is 0 Å². The molecule has 0 bridgehead atoms. The molecule has 0 amide bonds. The number of rotatable bonds is 2. The number of para-hydroxylation sites is 1. The number of furan rings is 1. The second-order valence-electron chi connectivity index (χ2n) is 14.9. The van der Waals surface area contributed by atoms with E-state index in [0.29, 0.717) is 0 Å². The van der Waals surface area contributed by atoms with Gasteiger partial charge >= 0.3 is 0 Å². The van der Waals surface area contributed by atoms with Gasteiger partial charge in [-0.15, -0.1) is 0 Å². The molecule has 2 aromatic heterocycles. The number of nitrogens with zero attached hydrogens (tertiary/aromatic N) is 1. The van der Waals surface area contributed by atoms with E-state index in [-0.39, 0.29) is 5.41 Å². The summed E-state index contributed by atoms with van der Waals surface area (Å²) in [7, 11) is 0. The lowest BCUT2D eigenvalue weighted by Gasteiger charge is -2.22. The van der Waals surface area contributed by atoms with Crippen molar-refractivity contribution in [3.63, 3.8) is 0 Å². The molecule has 0 unspecified atom stereocenters. The third-order valence-electron chi connectivity index (χ3n) is 11.9. The quantitative estimate of drug-likeness (QED) is 0.182. The molecular formula is C49H31NO. The van der Waals surface area contributed by atoms with Crippen molar-refractivity contribution in [2.45, 2.75) is 19.3 Å². The van der Waals surface area contributed by atoms with Crippen LogP contribution < -0.4 is 0 Å². The summed E-state index contributed by atoms with van der Waals surface area (Å²) >= 11 is 0. The van der Waals surface area contributed by atoms with Gasteiger partial charge in [0.25, 0.3) is 0 Å². The SMILES string of the molecule is CC1(C)c2ccccc2-c2cc3c4cc(-c5ccc6oc7ccccc7c6c5)ccc4n(-c4ccc5c6c(cccc46)-c4ccccc4-5)c3cc21. The van der Waals surface area contributed by atoms with Crippen LogP contribution in [0, 0.1) is 0 Å². The summed E-state index contributed by atoms with van der Waals surface area (Å²) in [6.45, 7) is 4.75. The minimum Gasteiger partial charge on any atom is -0.456 e. The Bertz CT molecular complexity index is 3140. The lowest BCUT2D eigenvalue weighted by atomic mass is 9.82. The molecule has 2 aliphatic rings. The molecule has 0 fully saturated rings. The first-order valence-electron chi connectivity index (χ1n) is 17.8. The molecule has 0 N–H and O–H groups in total. The maximum Gasteiger partial charge on any atom is 0.135 e. The highest BCUT2D eigenvalue weighted by Gasteiger charge is 2.36. The molecule has 0 saturated heterocycles. The van der Waals surface area contributed by atoms with E-state index in [9.17, 15) is 0 Å². The molecule has 2 aliphatic carbocycles. The van der Waals surface area contributed by atoms with E-state index in [2.05, 4.69) is 158 Å². The average Bonchev–Trinajstić information content (AvgIpc) is 3.87. The molecule has 0 saturated carbocycles. The van der Waals surface area contributed by atoms with Crippen molar-refractivity contribution in [1.29, 1.82) is 0 Å². The van der Waals surface area contributed by atoms with Gasteiger partial charge < -0.3 is 8.98 Å². The van der Waals surface area contributed by atoms with Crippen molar-refractivity contribution < 1.29 is 4.42 Å². The van der Waals surface area contributed by atoms with E-state index in [1.54, 1.807) is 0 Å². The Balaban J connectivity index is 1.17. The highest BCUT2D eigenvalue weighted by atomic mass is 16.3. The maximum atomic E-state index is 6.19. The maximum absolute atomic E-state index is 6.19. The molecule has 10 aromatic rings. The Morgan fingerprint density at radius 1 is 0.412 bits per heavy atom. The fourth-order valence-corrected chi connectivity index (χ4v) is 9.55. The fourth-order valence-electron chi connectivity index (χ4n) is 9.55. The molecule has 2 nitrogen and oxygen atoms in total. The summed E-state index contributed by atoms with van der Waals surface area (Å²) < 4.78 is 8.72. The first-order valence-corrected chi connectivity index (χ1v) is 17.8. The number of aromatic nitrogens is 1. The number of hydrogen-bond donors (Lipinski definition) is 0. The van der Waals surface area contributed by atoms with E-state index in [4.69, 9.17) is 4.42 Å². The van der Waals surface area contributed by atoms with Gasteiger partial charge in [0.05, 0.1) is 16.7 Å². The molecule has 0 aliphatic heterocycles. The molecule has 12 rings (SSSR count). The van der Waals surface area contributed by atoms with Gasteiger partial charge in [-0.1, -0.05) is 117 Å². The minimum absolute atomic E-state index is 0.0982. The van der Waals surface area contributed by atoms with Gasteiger partial charge in [-0.2, -0.15) is 0 Å². The van der Waals surface area contributed by atoms with E-state index < -0.39 is 0 Å². The third-order valence-corrected chi connectivity index (χ3v) is 11.9. The monoisotopic (exact) mass is 649 g/mol. The topological polar surface area (TPSA) is 18.1 Å². The van der Waals surface area contributed by atoms with Crippen LogP contribution in [-0.2, 0) is 5.41 Å².